The molecule has 0 saturated heterocycles. The van der Waals surface area contributed by atoms with Crippen LogP contribution in [-0.2, 0) is 6.42 Å². The summed E-state index contributed by atoms with van der Waals surface area (Å²) in [6.45, 7) is 0. The molecule has 1 aliphatic carbocycles. The molecule has 0 bridgehead atoms. The second-order valence-corrected chi connectivity index (χ2v) is 5.77. The monoisotopic (exact) mass is 335 g/mol. The first-order valence-electron chi connectivity index (χ1n) is 6.68. The zero-order valence-corrected chi connectivity index (χ0v) is 12.6. The van der Waals surface area contributed by atoms with E-state index in [4.69, 9.17) is 4.42 Å². The number of nitrogens with zero attached hydrogens (tertiary/aromatic N) is 1. The fourth-order valence-corrected chi connectivity index (χ4v) is 3.58. The smallest absolute Gasteiger partial charge is 0.178 e. The molecule has 0 saturated carbocycles. The molecule has 2 nitrogen and oxygen atoms in total. The molecule has 0 amide bonds. The lowest BCUT2D eigenvalue weighted by molar-refractivity contribution is 0.586. The third-order valence-electron chi connectivity index (χ3n) is 3.89. The average Bonchev–Trinajstić information content (AvgIpc) is 3.03. The number of hydrogen-bond donors (Lipinski definition) is 0. The first kappa shape index (κ1) is 12.4. The third-order valence-corrected chi connectivity index (χ3v) is 4.45. The van der Waals surface area contributed by atoms with E-state index in [2.05, 4.69) is 34.1 Å². The van der Waals surface area contributed by atoms with E-state index in [1.807, 2.05) is 36.4 Å². The van der Waals surface area contributed by atoms with Gasteiger partial charge in [0.15, 0.2) is 4.67 Å². The molecule has 21 heavy (non-hydrogen) atoms. The van der Waals surface area contributed by atoms with Gasteiger partial charge in [0.1, 0.15) is 5.58 Å². The van der Waals surface area contributed by atoms with Crippen molar-refractivity contribution in [3.05, 3.63) is 75.5 Å². The van der Waals surface area contributed by atoms with Gasteiger partial charge in [-0.3, -0.25) is 0 Å². The average molecular weight is 336 g/mol. The summed E-state index contributed by atoms with van der Waals surface area (Å²) >= 11 is 3.52. The van der Waals surface area contributed by atoms with E-state index in [-0.39, 0.29) is 0 Å². The molecule has 0 spiro atoms. The number of rotatable bonds is 1. The molecule has 4 rings (SSSR count). The number of benzene rings is 2. The van der Waals surface area contributed by atoms with Crippen LogP contribution in [0.2, 0.25) is 0 Å². The number of nitriles is 1. The van der Waals surface area contributed by atoms with Gasteiger partial charge in [-0.1, -0.05) is 42.5 Å². The van der Waals surface area contributed by atoms with Gasteiger partial charge in [0, 0.05) is 28.5 Å². The molecule has 0 N–H and O–H groups in total. The number of furan rings is 1. The predicted octanol–water partition coefficient (Wildman–Crippen LogP) is 5.08. The Morgan fingerprint density at radius 2 is 1.81 bits per heavy atom. The molecule has 0 unspecified atom stereocenters. The van der Waals surface area contributed by atoms with Crippen LogP contribution in [0.1, 0.15) is 16.7 Å². The van der Waals surface area contributed by atoms with Crippen LogP contribution in [0.15, 0.2) is 63.2 Å². The Labute approximate surface area is 130 Å². The van der Waals surface area contributed by atoms with Gasteiger partial charge in [-0.25, -0.2) is 0 Å². The second-order valence-electron chi connectivity index (χ2n) is 5.05. The summed E-state index contributed by atoms with van der Waals surface area (Å²) in [7, 11) is 0. The van der Waals surface area contributed by atoms with Crippen molar-refractivity contribution in [2.45, 2.75) is 6.42 Å². The van der Waals surface area contributed by atoms with Crippen molar-refractivity contribution < 1.29 is 4.42 Å². The van der Waals surface area contributed by atoms with Gasteiger partial charge in [0.05, 0.1) is 6.07 Å². The second kappa shape index (κ2) is 4.61. The van der Waals surface area contributed by atoms with Crippen LogP contribution in [0.3, 0.4) is 0 Å². The van der Waals surface area contributed by atoms with E-state index >= 15 is 0 Å². The van der Waals surface area contributed by atoms with Crippen LogP contribution in [0.25, 0.3) is 16.5 Å². The summed E-state index contributed by atoms with van der Waals surface area (Å²) in [5.74, 6) is 0. The van der Waals surface area contributed by atoms with Gasteiger partial charge < -0.3 is 4.42 Å². The van der Waals surface area contributed by atoms with Crippen molar-refractivity contribution in [1.82, 2.24) is 0 Å². The predicted molar refractivity (Wildman–Crippen MR) is 85.7 cm³/mol. The van der Waals surface area contributed by atoms with E-state index in [1.165, 1.54) is 5.56 Å². The fraction of sp³-hybridized carbons (Fsp3) is 0.0556. The molecule has 0 radical (unpaired) electrons. The first-order chi connectivity index (χ1) is 10.3. The van der Waals surface area contributed by atoms with E-state index in [0.717, 1.165) is 33.2 Å². The van der Waals surface area contributed by atoms with Crippen LogP contribution < -0.4 is 0 Å². The molecule has 3 heteroatoms. The van der Waals surface area contributed by atoms with Gasteiger partial charge in [-0.15, -0.1) is 0 Å². The van der Waals surface area contributed by atoms with E-state index in [1.54, 1.807) is 0 Å². The van der Waals surface area contributed by atoms with Gasteiger partial charge in [-0.2, -0.15) is 5.26 Å². The molecule has 3 aromatic rings. The van der Waals surface area contributed by atoms with E-state index < -0.39 is 0 Å². The van der Waals surface area contributed by atoms with Gasteiger partial charge in [0.2, 0.25) is 0 Å². The SMILES string of the molecule is N#CC1=C(c2c(Br)oc3ccccc23)c2ccccc2C1. The zero-order chi connectivity index (χ0) is 14.4. The number of allylic oxidation sites excluding steroid dienone is 1. The lowest BCUT2D eigenvalue weighted by Crippen LogP contribution is -1.87. The summed E-state index contributed by atoms with van der Waals surface area (Å²) < 4.78 is 6.48. The van der Waals surface area contributed by atoms with E-state index in [0.29, 0.717) is 11.1 Å². The Balaban J connectivity index is 2.08. The molecule has 100 valence electrons. The van der Waals surface area contributed by atoms with Crippen LogP contribution in [0.5, 0.6) is 0 Å². The van der Waals surface area contributed by atoms with Crippen LogP contribution >= 0.6 is 15.9 Å². The Hall–Kier alpha value is -2.31. The molecule has 1 heterocycles. The van der Waals surface area contributed by atoms with Gasteiger partial charge in [0.25, 0.3) is 0 Å². The number of fused-ring (bicyclic) bond motifs is 2. The number of para-hydroxylation sites is 1. The summed E-state index contributed by atoms with van der Waals surface area (Å²) in [6, 6.07) is 18.4. The van der Waals surface area contributed by atoms with Crippen LogP contribution in [0.4, 0.5) is 0 Å². The van der Waals surface area contributed by atoms with Crippen molar-refractivity contribution in [1.29, 1.82) is 5.26 Å². The summed E-state index contributed by atoms with van der Waals surface area (Å²) in [4.78, 5) is 0. The zero-order valence-electron chi connectivity index (χ0n) is 11.1. The first-order valence-corrected chi connectivity index (χ1v) is 7.48. The summed E-state index contributed by atoms with van der Waals surface area (Å²) in [6.07, 6.45) is 0.688. The molecular formula is C18H10BrNO. The number of hydrogen-bond acceptors (Lipinski definition) is 2. The van der Waals surface area contributed by atoms with Crippen LogP contribution in [-0.4, -0.2) is 0 Å². The summed E-state index contributed by atoms with van der Waals surface area (Å²) in [5, 5.41) is 10.5. The highest BCUT2D eigenvalue weighted by Crippen LogP contribution is 2.44. The van der Waals surface area contributed by atoms with Gasteiger partial charge in [-0.05, 0) is 33.1 Å². The Bertz CT molecular complexity index is 943. The topological polar surface area (TPSA) is 36.9 Å². The highest BCUT2D eigenvalue weighted by Gasteiger charge is 2.27. The lowest BCUT2D eigenvalue weighted by Gasteiger charge is -2.05. The molecule has 1 aromatic heterocycles. The Kier molecular flexibility index (Phi) is 2.73. The maximum absolute atomic E-state index is 9.52. The molecule has 2 aromatic carbocycles. The number of halogens is 1. The highest BCUT2D eigenvalue weighted by atomic mass is 79.9. The normalized spacial score (nSPS) is 13.5. The highest BCUT2D eigenvalue weighted by molar-refractivity contribution is 9.10. The van der Waals surface area contributed by atoms with Gasteiger partial charge >= 0.3 is 0 Å². The van der Waals surface area contributed by atoms with Crippen molar-refractivity contribution >= 4 is 32.5 Å². The van der Waals surface area contributed by atoms with Crippen molar-refractivity contribution in [2.24, 2.45) is 0 Å². The minimum Gasteiger partial charge on any atom is -0.449 e. The minimum atomic E-state index is 0.683. The minimum absolute atomic E-state index is 0.683. The maximum atomic E-state index is 9.52. The summed E-state index contributed by atoms with van der Waals surface area (Å²) in [5.41, 5.74) is 5.91. The van der Waals surface area contributed by atoms with Crippen LogP contribution in [0, 0.1) is 11.3 Å². The molecule has 0 aliphatic heterocycles. The largest absolute Gasteiger partial charge is 0.449 e. The van der Waals surface area contributed by atoms with Crippen molar-refractivity contribution in [3.8, 4) is 6.07 Å². The third kappa shape index (κ3) is 1.76. The Morgan fingerprint density at radius 3 is 2.67 bits per heavy atom. The quantitative estimate of drug-likeness (QED) is 0.622. The van der Waals surface area contributed by atoms with E-state index in [9.17, 15) is 5.26 Å². The standard InChI is InChI=1S/C18H10BrNO/c19-18-17(14-7-3-4-8-15(14)21-18)16-12(10-20)9-11-5-1-2-6-13(11)16/h1-8H,9H2. The molecule has 0 fully saturated rings. The Morgan fingerprint density at radius 1 is 1.05 bits per heavy atom. The molecular weight excluding hydrogens is 326 g/mol. The fourth-order valence-electron chi connectivity index (χ4n) is 2.99. The lowest BCUT2D eigenvalue weighted by atomic mass is 9.97. The molecule has 0 atom stereocenters. The maximum Gasteiger partial charge on any atom is 0.178 e. The van der Waals surface area contributed by atoms with Crippen molar-refractivity contribution in [2.75, 3.05) is 0 Å². The molecule has 1 aliphatic rings. The van der Waals surface area contributed by atoms with Crippen molar-refractivity contribution in [3.63, 3.8) is 0 Å².